The van der Waals surface area contributed by atoms with Crippen LogP contribution in [0.3, 0.4) is 0 Å². The molecule has 1 heterocycles. The summed E-state index contributed by atoms with van der Waals surface area (Å²) in [5.41, 5.74) is 1.29. The number of methoxy groups -OCH3 is 1. The lowest BCUT2D eigenvalue weighted by molar-refractivity contribution is -0.385. The molecule has 3 rings (SSSR count). The Morgan fingerprint density at radius 3 is 2.88 bits per heavy atom. The molecule has 0 aliphatic heterocycles. The van der Waals surface area contributed by atoms with Gasteiger partial charge in [0.05, 0.1) is 27.2 Å². The van der Waals surface area contributed by atoms with Crippen molar-refractivity contribution in [2.45, 2.75) is 4.34 Å². The van der Waals surface area contributed by atoms with E-state index in [2.05, 4.69) is 11.1 Å². The summed E-state index contributed by atoms with van der Waals surface area (Å²) in [5, 5.41) is 20.5. The average Bonchev–Trinajstić information content (AvgIpc) is 3.03. The van der Waals surface area contributed by atoms with Crippen LogP contribution < -0.4 is 4.74 Å². The van der Waals surface area contributed by atoms with E-state index in [1.807, 2.05) is 24.3 Å². The molecule has 0 amide bonds. The Morgan fingerprint density at radius 1 is 1.40 bits per heavy atom. The lowest BCUT2D eigenvalue weighted by Crippen LogP contribution is -1.94. The van der Waals surface area contributed by atoms with Gasteiger partial charge in [0.1, 0.15) is 6.07 Å². The molecule has 8 heteroatoms. The van der Waals surface area contributed by atoms with Gasteiger partial charge in [-0.05, 0) is 41.6 Å². The van der Waals surface area contributed by atoms with Crippen molar-refractivity contribution in [1.82, 2.24) is 4.98 Å². The Hall–Kier alpha value is -2.89. The van der Waals surface area contributed by atoms with Gasteiger partial charge in [-0.25, -0.2) is 4.98 Å². The van der Waals surface area contributed by atoms with E-state index in [1.165, 1.54) is 42.3 Å². The minimum Gasteiger partial charge on any atom is -0.490 e. The van der Waals surface area contributed by atoms with E-state index in [0.29, 0.717) is 10.5 Å². The summed E-state index contributed by atoms with van der Waals surface area (Å²) in [7, 11) is 1.38. The number of nitro groups is 1. The summed E-state index contributed by atoms with van der Waals surface area (Å²) in [6.45, 7) is 0. The highest BCUT2D eigenvalue weighted by atomic mass is 32.2. The van der Waals surface area contributed by atoms with Gasteiger partial charge >= 0.3 is 5.69 Å². The molecule has 0 aliphatic rings. The number of thioether (sulfide) groups is 1. The van der Waals surface area contributed by atoms with Gasteiger partial charge in [0, 0.05) is 6.07 Å². The number of aromatic nitrogens is 1. The van der Waals surface area contributed by atoms with Crippen molar-refractivity contribution in [3.05, 3.63) is 63.0 Å². The highest BCUT2D eigenvalue weighted by molar-refractivity contribution is 8.05. The van der Waals surface area contributed by atoms with Crippen LogP contribution in [-0.4, -0.2) is 17.0 Å². The first-order chi connectivity index (χ1) is 12.1. The zero-order valence-electron chi connectivity index (χ0n) is 13.0. The molecular weight excluding hydrogens is 358 g/mol. The minimum absolute atomic E-state index is 0.140. The SMILES string of the molecule is COc1ccc(/C=C(\C#N)Sc2nc3ccccc3s2)cc1[N+](=O)[O-]. The number of fused-ring (bicyclic) bond motifs is 1. The van der Waals surface area contributed by atoms with Crippen LogP contribution in [0.25, 0.3) is 16.3 Å². The van der Waals surface area contributed by atoms with Gasteiger partial charge in [0.25, 0.3) is 0 Å². The van der Waals surface area contributed by atoms with Crippen LogP contribution >= 0.6 is 23.1 Å². The summed E-state index contributed by atoms with van der Waals surface area (Å²) >= 11 is 2.74. The van der Waals surface area contributed by atoms with E-state index in [1.54, 1.807) is 12.1 Å². The zero-order valence-corrected chi connectivity index (χ0v) is 14.6. The minimum atomic E-state index is -0.511. The predicted octanol–water partition coefficient (Wildman–Crippen LogP) is 4.87. The first kappa shape index (κ1) is 17.0. The van der Waals surface area contributed by atoms with Crippen molar-refractivity contribution < 1.29 is 9.66 Å². The van der Waals surface area contributed by atoms with Crippen molar-refractivity contribution in [3.8, 4) is 11.8 Å². The van der Waals surface area contributed by atoms with Gasteiger partial charge in [0.2, 0.25) is 0 Å². The van der Waals surface area contributed by atoms with E-state index >= 15 is 0 Å². The first-order valence-electron chi connectivity index (χ1n) is 7.08. The molecule has 0 aliphatic carbocycles. The Labute approximate surface area is 151 Å². The fraction of sp³-hybridized carbons (Fsp3) is 0.0588. The van der Waals surface area contributed by atoms with E-state index in [9.17, 15) is 15.4 Å². The molecule has 0 atom stereocenters. The highest BCUT2D eigenvalue weighted by Gasteiger charge is 2.15. The number of ether oxygens (including phenoxy) is 1. The van der Waals surface area contributed by atoms with Gasteiger partial charge in [-0.15, -0.1) is 11.3 Å². The van der Waals surface area contributed by atoms with Crippen molar-refractivity contribution >= 4 is 45.1 Å². The van der Waals surface area contributed by atoms with Crippen LogP contribution in [-0.2, 0) is 0 Å². The predicted molar refractivity (Wildman–Crippen MR) is 98.7 cm³/mol. The van der Waals surface area contributed by atoms with E-state index < -0.39 is 4.92 Å². The van der Waals surface area contributed by atoms with Gasteiger partial charge in [-0.3, -0.25) is 10.1 Å². The molecule has 0 saturated heterocycles. The summed E-state index contributed by atoms with van der Waals surface area (Å²) in [4.78, 5) is 15.5. The second kappa shape index (κ2) is 7.34. The number of nitriles is 1. The molecule has 0 bridgehead atoms. The van der Waals surface area contributed by atoms with E-state index in [4.69, 9.17) is 4.74 Å². The molecule has 25 heavy (non-hydrogen) atoms. The standard InChI is InChI=1S/C17H11N3O3S2/c1-23-15-7-6-11(9-14(15)20(21)22)8-12(10-18)24-17-19-13-4-2-3-5-16(13)25-17/h2-9H,1H3/b12-8+. The number of nitro benzene ring substituents is 1. The molecule has 0 saturated carbocycles. The summed E-state index contributed by atoms with van der Waals surface area (Å²) < 4.78 is 6.77. The number of thiazole rings is 1. The third-order valence-corrected chi connectivity index (χ3v) is 5.31. The van der Waals surface area contributed by atoms with Crippen LogP contribution in [0.2, 0.25) is 0 Å². The number of nitrogens with zero attached hydrogens (tertiary/aromatic N) is 3. The number of rotatable bonds is 5. The van der Waals surface area contributed by atoms with Gasteiger partial charge in [-0.2, -0.15) is 5.26 Å². The van der Waals surface area contributed by atoms with Crippen molar-refractivity contribution in [1.29, 1.82) is 5.26 Å². The average molecular weight is 369 g/mol. The fourth-order valence-electron chi connectivity index (χ4n) is 2.16. The molecular formula is C17H11N3O3S2. The largest absolute Gasteiger partial charge is 0.490 e. The molecule has 6 nitrogen and oxygen atoms in total. The van der Waals surface area contributed by atoms with Crippen molar-refractivity contribution in [3.63, 3.8) is 0 Å². The monoisotopic (exact) mass is 369 g/mol. The van der Waals surface area contributed by atoms with Crippen molar-refractivity contribution in [2.75, 3.05) is 7.11 Å². The Bertz CT molecular complexity index is 988. The molecule has 2 aromatic carbocycles. The zero-order chi connectivity index (χ0) is 17.8. The number of hydrogen-bond acceptors (Lipinski definition) is 7. The van der Waals surface area contributed by atoms with Crippen LogP contribution in [0.5, 0.6) is 5.75 Å². The first-order valence-corrected chi connectivity index (χ1v) is 8.71. The van der Waals surface area contributed by atoms with Crippen LogP contribution in [0, 0.1) is 21.4 Å². The van der Waals surface area contributed by atoms with E-state index in [-0.39, 0.29) is 11.4 Å². The molecule has 0 spiro atoms. The number of para-hydroxylation sites is 1. The Morgan fingerprint density at radius 2 is 2.20 bits per heavy atom. The normalized spacial score (nSPS) is 11.3. The second-order valence-electron chi connectivity index (χ2n) is 4.86. The van der Waals surface area contributed by atoms with Crippen LogP contribution in [0.15, 0.2) is 51.7 Å². The molecule has 0 radical (unpaired) electrons. The number of benzene rings is 2. The lowest BCUT2D eigenvalue weighted by Gasteiger charge is -2.02. The third kappa shape index (κ3) is 3.79. The summed E-state index contributed by atoms with van der Waals surface area (Å²) in [6.07, 6.45) is 1.60. The molecule has 0 N–H and O–H groups in total. The van der Waals surface area contributed by atoms with Gasteiger partial charge in [0.15, 0.2) is 10.1 Å². The summed E-state index contributed by atoms with van der Waals surface area (Å²) in [5.74, 6) is 0.180. The second-order valence-corrected chi connectivity index (χ2v) is 7.18. The van der Waals surface area contributed by atoms with Crippen LogP contribution in [0.4, 0.5) is 5.69 Å². The maximum Gasteiger partial charge on any atom is 0.311 e. The number of allylic oxidation sites excluding steroid dienone is 1. The maximum atomic E-state index is 11.1. The molecule has 124 valence electrons. The molecule has 0 fully saturated rings. The highest BCUT2D eigenvalue weighted by Crippen LogP contribution is 2.35. The van der Waals surface area contributed by atoms with Gasteiger partial charge in [-0.1, -0.05) is 18.2 Å². The third-order valence-electron chi connectivity index (χ3n) is 3.28. The van der Waals surface area contributed by atoms with E-state index in [0.717, 1.165) is 14.6 Å². The Kier molecular flexibility index (Phi) is 4.97. The molecule has 3 aromatic rings. The van der Waals surface area contributed by atoms with Gasteiger partial charge < -0.3 is 4.74 Å². The topological polar surface area (TPSA) is 89.0 Å². The maximum absolute atomic E-state index is 11.1. The smallest absolute Gasteiger partial charge is 0.311 e. The fourth-order valence-corrected chi connectivity index (χ4v) is 4.14. The summed E-state index contributed by atoms with van der Waals surface area (Å²) in [6, 6.07) is 14.4. The Balaban J connectivity index is 1.91. The van der Waals surface area contributed by atoms with Crippen LogP contribution in [0.1, 0.15) is 5.56 Å². The quantitative estimate of drug-likeness (QED) is 0.276. The van der Waals surface area contributed by atoms with Crippen molar-refractivity contribution in [2.24, 2.45) is 0 Å². The number of hydrogen-bond donors (Lipinski definition) is 0. The molecule has 1 aromatic heterocycles. The molecule has 0 unspecified atom stereocenters. The lowest BCUT2D eigenvalue weighted by atomic mass is 10.2.